The van der Waals surface area contributed by atoms with Gasteiger partial charge >= 0.3 is 0 Å². The first-order valence-electron chi connectivity index (χ1n) is 9.12. The van der Waals surface area contributed by atoms with Gasteiger partial charge in [-0.15, -0.1) is 0 Å². The summed E-state index contributed by atoms with van der Waals surface area (Å²) < 4.78 is 13.0. The molecule has 0 aliphatic rings. The number of hydrogen-bond acceptors (Lipinski definition) is 3. The van der Waals surface area contributed by atoms with Crippen LogP contribution in [0.3, 0.4) is 0 Å². The molecule has 5 nitrogen and oxygen atoms in total. The lowest BCUT2D eigenvalue weighted by Crippen LogP contribution is -2.36. The van der Waals surface area contributed by atoms with Crippen molar-refractivity contribution in [2.24, 2.45) is 4.99 Å². The number of aliphatic imine (C=N–C) groups is 1. The van der Waals surface area contributed by atoms with Gasteiger partial charge in [0.25, 0.3) is 0 Å². The molecule has 0 atom stereocenters. The number of pyridine rings is 1. The van der Waals surface area contributed by atoms with Crippen LogP contribution in [0.1, 0.15) is 31.9 Å². The van der Waals surface area contributed by atoms with Crippen molar-refractivity contribution < 1.29 is 4.39 Å². The molecule has 0 spiro atoms. The van der Waals surface area contributed by atoms with Crippen molar-refractivity contribution in [1.82, 2.24) is 15.6 Å². The molecule has 140 valence electrons. The molecular weight excluding hydrogens is 329 g/mol. The summed E-state index contributed by atoms with van der Waals surface area (Å²) in [5.74, 6) is 1.49. The molecule has 0 bridgehead atoms. The van der Waals surface area contributed by atoms with Gasteiger partial charge in [0, 0.05) is 32.4 Å². The maximum absolute atomic E-state index is 13.0. The van der Waals surface area contributed by atoms with E-state index in [1.165, 1.54) is 12.1 Å². The van der Waals surface area contributed by atoms with Crippen LogP contribution in [0.15, 0.2) is 47.6 Å². The highest BCUT2D eigenvalue weighted by Crippen LogP contribution is 2.11. The van der Waals surface area contributed by atoms with Crippen LogP contribution in [0.25, 0.3) is 0 Å². The molecule has 1 heterocycles. The highest BCUT2D eigenvalue weighted by Gasteiger charge is 2.03. The number of benzene rings is 1. The van der Waals surface area contributed by atoms with Crippen molar-refractivity contribution in [3.8, 4) is 0 Å². The fourth-order valence-corrected chi connectivity index (χ4v) is 2.55. The lowest BCUT2D eigenvalue weighted by molar-refractivity contribution is 0.626. The average molecular weight is 357 g/mol. The number of hydrogen-bond donors (Lipinski definition) is 2. The highest BCUT2D eigenvalue weighted by molar-refractivity contribution is 5.79. The molecule has 0 aliphatic heterocycles. The molecule has 2 N–H and O–H groups in total. The van der Waals surface area contributed by atoms with Crippen LogP contribution in [0.2, 0.25) is 0 Å². The van der Waals surface area contributed by atoms with Gasteiger partial charge in [-0.1, -0.05) is 18.2 Å². The van der Waals surface area contributed by atoms with Crippen molar-refractivity contribution in [3.05, 3.63) is 59.5 Å². The molecule has 0 unspecified atom stereocenters. The van der Waals surface area contributed by atoms with E-state index < -0.39 is 0 Å². The third kappa shape index (κ3) is 6.02. The van der Waals surface area contributed by atoms with E-state index in [2.05, 4.69) is 45.4 Å². The molecule has 2 rings (SSSR count). The fraction of sp³-hybridized carbons (Fsp3) is 0.400. The van der Waals surface area contributed by atoms with Gasteiger partial charge in [-0.05, 0) is 50.1 Å². The second-order valence-corrected chi connectivity index (χ2v) is 5.87. The third-order valence-corrected chi connectivity index (χ3v) is 4.03. The Morgan fingerprint density at radius 1 is 1.00 bits per heavy atom. The largest absolute Gasteiger partial charge is 0.357 e. The second kappa shape index (κ2) is 10.4. The predicted octanol–water partition coefficient (Wildman–Crippen LogP) is 3.32. The number of anilines is 1. The molecule has 1 aromatic heterocycles. The molecule has 2 aromatic rings. The smallest absolute Gasteiger partial charge is 0.191 e. The molecule has 26 heavy (non-hydrogen) atoms. The Kier molecular flexibility index (Phi) is 7.86. The predicted molar refractivity (Wildman–Crippen MR) is 106 cm³/mol. The van der Waals surface area contributed by atoms with Crippen LogP contribution in [0.4, 0.5) is 10.2 Å². The average Bonchev–Trinajstić information content (AvgIpc) is 2.67. The number of halogens is 1. The first-order chi connectivity index (χ1) is 12.7. The molecular formula is C20H28FN5. The third-order valence-electron chi connectivity index (χ3n) is 4.03. The number of guanidine groups is 1. The molecule has 0 fully saturated rings. The molecule has 6 heteroatoms. The van der Waals surface area contributed by atoms with E-state index in [0.29, 0.717) is 13.1 Å². The van der Waals surface area contributed by atoms with Gasteiger partial charge < -0.3 is 15.5 Å². The van der Waals surface area contributed by atoms with Gasteiger partial charge in [0.05, 0.1) is 6.54 Å². The van der Waals surface area contributed by atoms with Crippen LogP contribution in [0.5, 0.6) is 0 Å². The maximum Gasteiger partial charge on any atom is 0.191 e. The van der Waals surface area contributed by atoms with Crippen molar-refractivity contribution in [2.45, 2.75) is 33.9 Å². The van der Waals surface area contributed by atoms with Crippen LogP contribution in [0, 0.1) is 5.82 Å². The summed E-state index contributed by atoms with van der Waals surface area (Å²) in [5.41, 5.74) is 2.06. The molecule has 0 radical (unpaired) electrons. The minimum absolute atomic E-state index is 0.227. The Bertz CT molecular complexity index is 678. The van der Waals surface area contributed by atoms with Crippen LogP contribution < -0.4 is 15.5 Å². The summed E-state index contributed by atoms with van der Waals surface area (Å²) in [6, 6.07) is 10.6. The van der Waals surface area contributed by atoms with Gasteiger partial charge in [0.2, 0.25) is 0 Å². The minimum Gasteiger partial charge on any atom is -0.357 e. The normalized spacial score (nSPS) is 11.3. The van der Waals surface area contributed by atoms with E-state index in [0.717, 1.165) is 42.5 Å². The summed E-state index contributed by atoms with van der Waals surface area (Å²) in [6.07, 6.45) is 1.88. The summed E-state index contributed by atoms with van der Waals surface area (Å²) in [6.45, 7) is 10.1. The van der Waals surface area contributed by atoms with E-state index in [1.807, 2.05) is 19.2 Å². The first kappa shape index (κ1) is 19.7. The monoisotopic (exact) mass is 357 g/mol. The SMILES string of the molecule is CCNC(=NCc1ccc(N(CC)CC)nc1)NCc1ccc(F)cc1. The van der Waals surface area contributed by atoms with Crippen molar-refractivity contribution in [1.29, 1.82) is 0 Å². The standard InChI is InChI=1S/C20H28FN5/c1-4-22-20(24-13-16-7-10-18(21)11-8-16)25-15-17-9-12-19(23-14-17)26(5-2)6-3/h7-12,14H,4-6,13,15H2,1-3H3,(H2,22,24,25). The minimum atomic E-state index is -0.227. The van der Waals surface area contributed by atoms with Gasteiger partial charge in [0.1, 0.15) is 11.6 Å². The zero-order valence-corrected chi connectivity index (χ0v) is 15.8. The van der Waals surface area contributed by atoms with Crippen molar-refractivity contribution >= 4 is 11.8 Å². The summed E-state index contributed by atoms with van der Waals surface area (Å²) in [5, 5.41) is 6.48. The van der Waals surface area contributed by atoms with E-state index in [4.69, 9.17) is 0 Å². The Balaban J connectivity index is 1.96. The molecule has 0 aliphatic carbocycles. The molecule has 0 amide bonds. The molecule has 1 aromatic carbocycles. The summed E-state index contributed by atoms with van der Waals surface area (Å²) in [7, 11) is 0. The summed E-state index contributed by atoms with van der Waals surface area (Å²) in [4.78, 5) is 11.3. The Morgan fingerprint density at radius 3 is 2.27 bits per heavy atom. The van der Waals surface area contributed by atoms with Crippen molar-refractivity contribution in [2.75, 3.05) is 24.5 Å². The fourth-order valence-electron chi connectivity index (χ4n) is 2.55. The Morgan fingerprint density at radius 2 is 1.69 bits per heavy atom. The maximum atomic E-state index is 13.0. The van der Waals surface area contributed by atoms with Crippen LogP contribution >= 0.6 is 0 Å². The van der Waals surface area contributed by atoms with E-state index >= 15 is 0 Å². The molecule has 0 saturated carbocycles. The van der Waals surface area contributed by atoms with E-state index in [-0.39, 0.29) is 5.82 Å². The topological polar surface area (TPSA) is 52.6 Å². The number of aromatic nitrogens is 1. The Labute approximate surface area is 155 Å². The van der Waals surface area contributed by atoms with Crippen LogP contribution in [-0.2, 0) is 13.1 Å². The van der Waals surface area contributed by atoms with Gasteiger partial charge in [0.15, 0.2) is 5.96 Å². The lowest BCUT2D eigenvalue weighted by atomic mass is 10.2. The van der Waals surface area contributed by atoms with Gasteiger partial charge in [-0.2, -0.15) is 0 Å². The van der Waals surface area contributed by atoms with Gasteiger partial charge in [-0.3, -0.25) is 0 Å². The second-order valence-electron chi connectivity index (χ2n) is 5.87. The number of rotatable bonds is 8. The number of nitrogens with zero attached hydrogens (tertiary/aromatic N) is 3. The summed E-state index contributed by atoms with van der Waals surface area (Å²) >= 11 is 0. The number of nitrogens with one attached hydrogen (secondary N) is 2. The zero-order chi connectivity index (χ0) is 18.8. The quantitative estimate of drug-likeness (QED) is 0.562. The van der Waals surface area contributed by atoms with Crippen molar-refractivity contribution in [3.63, 3.8) is 0 Å². The highest BCUT2D eigenvalue weighted by atomic mass is 19.1. The Hall–Kier alpha value is -2.63. The lowest BCUT2D eigenvalue weighted by Gasteiger charge is -2.19. The molecule has 0 saturated heterocycles. The van der Waals surface area contributed by atoms with Gasteiger partial charge in [-0.25, -0.2) is 14.4 Å². The van der Waals surface area contributed by atoms with E-state index in [1.54, 1.807) is 12.1 Å². The first-order valence-corrected chi connectivity index (χ1v) is 9.12. The van der Waals surface area contributed by atoms with E-state index in [9.17, 15) is 4.39 Å². The zero-order valence-electron chi connectivity index (χ0n) is 15.8. The van der Waals surface area contributed by atoms with Crippen LogP contribution in [-0.4, -0.2) is 30.6 Å².